The zero-order valence-corrected chi connectivity index (χ0v) is 6.67. The summed E-state index contributed by atoms with van der Waals surface area (Å²) in [4.78, 5) is 12.0. The number of nitrogens with one attached hydrogen (secondary N) is 1. The largest absolute Gasteiger partial charge is 0.307 e. The number of carbonyl (C=O) groups excluding carboxylic acids is 1. The molecule has 0 aromatic carbocycles. The van der Waals surface area contributed by atoms with Crippen LogP contribution >= 0.6 is 11.6 Å². The Morgan fingerprint density at radius 1 is 1.91 bits per heavy atom. The van der Waals surface area contributed by atoms with Crippen molar-refractivity contribution < 1.29 is 4.79 Å². The number of aromatic nitrogens is 3. The Hall–Kier alpha value is -1.10. The monoisotopic (exact) mass is 174 g/mol. The average Bonchev–Trinajstić information content (AvgIpc) is 2.35. The van der Waals surface area contributed by atoms with Crippen LogP contribution in [-0.4, -0.2) is 26.8 Å². The highest BCUT2D eigenvalue weighted by Crippen LogP contribution is 1.97. The molecular weight excluding hydrogens is 168 g/mol. The Bertz CT molecular complexity index is 259. The molecule has 1 aromatic rings. The number of alkyl halides is 1. The molecule has 0 unspecified atom stereocenters. The number of carbonyl (C=O) groups is 1. The molecular formula is C5H7ClN4O. The predicted molar refractivity (Wildman–Crippen MR) is 40.4 cm³/mol. The lowest BCUT2D eigenvalue weighted by atomic mass is 10.6. The third kappa shape index (κ3) is 2.19. The molecule has 0 radical (unpaired) electrons. The fourth-order valence-electron chi connectivity index (χ4n) is 0.579. The third-order valence-corrected chi connectivity index (χ3v) is 1.23. The van der Waals surface area contributed by atoms with E-state index in [-0.39, 0.29) is 11.8 Å². The molecule has 0 fully saturated rings. The second-order valence-corrected chi connectivity index (χ2v) is 2.17. The fraction of sp³-hybridized carbons (Fsp3) is 0.400. The van der Waals surface area contributed by atoms with Gasteiger partial charge in [-0.05, 0) is 0 Å². The van der Waals surface area contributed by atoms with Crippen molar-refractivity contribution in [3.05, 3.63) is 6.20 Å². The van der Waals surface area contributed by atoms with Gasteiger partial charge in [0.25, 0.3) is 0 Å². The molecule has 0 aliphatic carbocycles. The molecule has 0 saturated carbocycles. The van der Waals surface area contributed by atoms with Crippen molar-refractivity contribution >= 4 is 23.3 Å². The maximum atomic E-state index is 10.7. The first kappa shape index (κ1) is 8.00. The zero-order chi connectivity index (χ0) is 8.27. The molecule has 1 heterocycles. The lowest BCUT2D eigenvalue weighted by Crippen LogP contribution is -2.13. The summed E-state index contributed by atoms with van der Waals surface area (Å²) in [7, 11) is 1.66. The first-order valence-electron chi connectivity index (χ1n) is 2.94. The SMILES string of the molecule is Cn1ncc(NC(=O)CCl)n1. The minimum atomic E-state index is -0.285. The summed E-state index contributed by atoms with van der Waals surface area (Å²) in [5, 5.41) is 10.0. The van der Waals surface area contributed by atoms with Crippen LogP contribution in [-0.2, 0) is 11.8 Å². The van der Waals surface area contributed by atoms with Gasteiger partial charge < -0.3 is 5.32 Å². The number of halogens is 1. The summed E-state index contributed by atoms with van der Waals surface area (Å²) in [6.07, 6.45) is 1.45. The van der Waals surface area contributed by atoms with E-state index in [1.54, 1.807) is 7.05 Å². The number of rotatable bonds is 2. The molecule has 0 atom stereocenters. The van der Waals surface area contributed by atoms with E-state index in [9.17, 15) is 4.79 Å². The van der Waals surface area contributed by atoms with E-state index < -0.39 is 0 Å². The summed E-state index contributed by atoms with van der Waals surface area (Å²) in [6, 6.07) is 0. The second-order valence-electron chi connectivity index (χ2n) is 1.90. The molecule has 60 valence electrons. The number of amides is 1. The first-order valence-corrected chi connectivity index (χ1v) is 3.48. The Morgan fingerprint density at radius 2 is 2.64 bits per heavy atom. The summed E-state index contributed by atoms with van der Waals surface area (Å²) in [6.45, 7) is 0. The van der Waals surface area contributed by atoms with E-state index in [1.165, 1.54) is 11.0 Å². The van der Waals surface area contributed by atoms with Gasteiger partial charge in [0.2, 0.25) is 5.91 Å². The minimum Gasteiger partial charge on any atom is -0.307 e. The smallest absolute Gasteiger partial charge is 0.240 e. The van der Waals surface area contributed by atoms with Crippen LogP contribution in [0.1, 0.15) is 0 Å². The van der Waals surface area contributed by atoms with Crippen LogP contribution in [0.5, 0.6) is 0 Å². The quantitative estimate of drug-likeness (QED) is 0.642. The fourth-order valence-corrected chi connectivity index (χ4v) is 0.646. The normalized spacial score (nSPS) is 9.64. The molecule has 1 N–H and O–H groups in total. The lowest BCUT2D eigenvalue weighted by molar-refractivity contribution is -0.113. The molecule has 11 heavy (non-hydrogen) atoms. The highest BCUT2D eigenvalue weighted by Gasteiger charge is 2.01. The van der Waals surface area contributed by atoms with Crippen LogP contribution in [0.15, 0.2) is 6.20 Å². The Kier molecular flexibility index (Phi) is 2.43. The van der Waals surface area contributed by atoms with Gasteiger partial charge in [-0.25, -0.2) is 0 Å². The van der Waals surface area contributed by atoms with Gasteiger partial charge in [-0.3, -0.25) is 4.79 Å². The van der Waals surface area contributed by atoms with Crippen molar-refractivity contribution in [2.75, 3.05) is 11.2 Å². The van der Waals surface area contributed by atoms with Gasteiger partial charge in [0.15, 0.2) is 5.82 Å². The topological polar surface area (TPSA) is 59.8 Å². The molecule has 0 aliphatic heterocycles. The third-order valence-electron chi connectivity index (χ3n) is 0.988. The van der Waals surface area contributed by atoms with Crippen LogP contribution in [0.4, 0.5) is 5.82 Å². The van der Waals surface area contributed by atoms with Crippen molar-refractivity contribution in [1.29, 1.82) is 0 Å². The lowest BCUT2D eigenvalue weighted by Gasteiger charge is -1.93. The molecule has 0 spiro atoms. The van der Waals surface area contributed by atoms with Crippen molar-refractivity contribution in [2.24, 2.45) is 7.05 Å². The van der Waals surface area contributed by atoms with E-state index in [0.717, 1.165) is 0 Å². The highest BCUT2D eigenvalue weighted by atomic mass is 35.5. The van der Waals surface area contributed by atoms with Gasteiger partial charge >= 0.3 is 0 Å². The minimum absolute atomic E-state index is 0.0728. The van der Waals surface area contributed by atoms with Crippen LogP contribution in [0.2, 0.25) is 0 Å². The molecule has 0 aliphatic rings. The standard InChI is InChI=1S/C5H7ClN4O/c1-10-7-3-4(9-10)8-5(11)2-6/h3H,2H2,1H3,(H,8,9,11). The number of hydrogen-bond acceptors (Lipinski definition) is 3. The Labute approximate surface area is 68.3 Å². The number of aryl methyl sites for hydroxylation is 1. The molecule has 1 amide bonds. The Balaban J connectivity index is 2.57. The maximum absolute atomic E-state index is 10.7. The van der Waals surface area contributed by atoms with Crippen LogP contribution < -0.4 is 5.32 Å². The van der Waals surface area contributed by atoms with Gasteiger partial charge in [-0.2, -0.15) is 9.90 Å². The summed E-state index contributed by atoms with van der Waals surface area (Å²) >= 11 is 5.24. The Morgan fingerprint density at radius 3 is 3.09 bits per heavy atom. The van der Waals surface area contributed by atoms with Gasteiger partial charge in [-0.15, -0.1) is 16.7 Å². The number of anilines is 1. The second kappa shape index (κ2) is 3.34. The molecule has 0 saturated heterocycles. The maximum Gasteiger partial charge on any atom is 0.240 e. The highest BCUT2D eigenvalue weighted by molar-refractivity contribution is 6.28. The van der Waals surface area contributed by atoms with Crippen molar-refractivity contribution in [2.45, 2.75) is 0 Å². The molecule has 1 rings (SSSR count). The molecule has 0 bridgehead atoms. The summed E-state index contributed by atoms with van der Waals surface area (Å²) < 4.78 is 0. The average molecular weight is 175 g/mol. The van der Waals surface area contributed by atoms with Crippen LogP contribution in [0.25, 0.3) is 0 Å². The van der Waals surface area contributed by atoms with Gasteiger partial charge in [-0.1, -0.05) is 0 Å². The van der Waals surface area contributed by atoms with Crippen LogP contribution in [0, 0.1) is 0 Å². The summed E-state index contributed by atoms with van der Waals surface area (Å²) in [5.74, 6) is 0.0571. The number of hydrogen-bond donors (Lipinski definition) is 1. The molecule has 5 nitrogen and oxygen atoms in total. The molecule has 6 heteroatoms. The van der Waals surface area contributed by atoms with E-state index >= 15 is 0 Å². The van der Waals surface area contributed by atoms with E-state index in [2.05, 4.69) is 15.5 Å². The van der Waals surface area contributed by atoms with Crippen molar-refractivity contribution in [1.82, 2.24) is 15.0 Å². The first-order chi connectivity index (χ1) is 5.22. The zero-order valence-electron chi connectivity index (χ0n) is 5.91. The van der Waals surface area contributed by atoms with Crippen molar-refractivity contribution in [3.63, 3.8) is 0 Å². The van der Waals surface area contributed by atoms with Gasteiger partial charge in [0.1, 0.15) is 5.88 Å². The van der Waals surface area contributed by atoms with E-state index in [4.69, 9.17) is 11.6 Å². The number of nitrogens with zero attached hydrogens (tertiary/aromatic N) is 3. The van der Waals surface area contributed by atoms with Gasteiger partial charge in [0, 0.05) is 7.05 Å². The van der Waals surface area contributed by atoms with E-state index in [0.29, 0.717) is 5.82 Å². The van der Waals surface area contributed by atoms with Crippen molar-refractivity contribution in [3.8, 4) is 0 Å². The predicted octanol–water partition coefficient (Wildman–Crippen LogP) is -0.00760. The van der Waals surface area contributed by atoms with Gasteiger partial charge in [0.05, 0.1) is 6.20 Å². The van der Waals surface area contributed by atoms with Crippen LogP contribution in [0.3, 0.4) is 0 Å². The molecule has 1 aromatic heterocycles. The summed E-state index contributed by atoms with van der Waals surface area (Å²) in [5.41, 5.74) is 0. The van der Waals surface area contributed by atoms with E-state index in [1.807, 2.05) is 0 Å².